The first-order chi connectivity index (χ1) is 8.79. The maximum absolute atomic E-state index is 10.1. The highest BCUT2D eigenvalue weighted by Crippen LogP contribution is 2.18. The van der Waals surface area contributed by atoms with Gasteiger partial charge in [0.2, 0.25) is 0 Å². The highest BCUT2D eigenvalue weighted by atomic mass is 28.3. The molecule has 1 fully saturated rings. The van der Waals surface area contributed by atoms with Crippen LogP contribution in [0, 0.1) is 11.5 Å². The summed E-state index contributed by atoms with van der Waals surface area (Å²) < 4.78 is 11.4. The maximum Gasteiger partial charge on any atom is 0.159 e. The molecule has 19 heavy (non-hydrogen) atoms. The van der Waals surface area contributed by atoms with E-state index >= 15 is 0 Å². The van der Waals surface area contributed by atoms with E-state index in [1.54, 1.807) is 6.92 Å². The van der Waals surface area contributed by atoms with E-state index in [9.17, 15) is 5.11 Å². The molecule has 4 heteroatoms. The second-order valence-corrected chi connectivity index (χ2v) is 10.9. The largest absolute Gasteiger partial charge is 0.385 e. The van der Waals surface area contributed by atoms with E-state index in [0.717, 1.165) is 25.9 Å². The van der Waals surface area contributed by atoms with Crippen molar-refractivity contribution in [3.8, 4) is 11.5 Å². The molecule has 0 aromatic heterocycles. The molecule has 3 nitrogen and oxygen atoms in total. The Balaban J connectivity index is 2.73. The molecule has 0 bridgehead atoms. The van der Waals surface area contributed by atoms with Gasteiger partial charge in [-0.2, -0.15) is 0 Å². The Morgan fingerprint density at radius 2 is 2.11 bits per heavy atom. The molecule has 0 radical (unpaired) electrons. The highest BCUT2D eigenvalue weighted by molar-refractivity contribution is 6.83. The van der Waals surface area contributed by atoms with Crippen molar-refractivity contribution in [1.29, 1.82) is 0 Å². The van der Waals surface area contributed by atoms with Crippen molar-refractivity contribution in [3.05, 3.63) is 12.2 Å². The standard InChI is InChI=1S/C15H26O3Si/c1-12(2)15(16)13(9-11-19(3,4)5)18-14-8-6-7-10-17-14/h13-16H,1,6-8,10H2,2-5H3/t13-,14?,15+/m0/s1. The zero-order chi connectivity index (χ0) is 14.5. The fourth-order valence-corrected chi connectivity index (χ4v) is 2.29. The Morgan fingerprint density at radius 1 is 1.42 bits per heavy atom. The van der Waals surface area contributed by atoms with Gasteiger partial charge in [0, 0.05) is 6.61 Å². The van der Waals surface area contributed by atoms with Gasteiger partial charge in [-0.15, -0.1) is 5.54 Å². The summed E-state index contributed by atoms with van der Waals surface area (Å²) in [5, 5.41) is 10.1. The Morgan fingerprint density at radius 3 is 2.58 bits per heavy atom. The topological polar surface area (TPSA) is 38.7 Å². The molecule has 3 atom stereocenters. The molecule has 0 aliphatic carbocycles. The van der Waals surface area contributed by atoms with E-state index in [2.05, 4.69) is 37.7 Å². The fourth-order valence-electron chi connectivity index (χ4n) is 1.72. The van der Waals surface area contributed by atoms with Gasteiger partial charge >= 0.3 is 0 Å². The summed E-state index contributed by atoms with van der Waals surface area (Å²) in [7, 11) is -1.49. The first-order valence-corrected chi connectivity index (χ1v) is 10.4. The molecule has 1 unspecified atom stereocenters. The molecule has 0 amide bonds. The zero-order valence-corrected chi connectivity index (χ0v) is 13.5. The lowest BCUT2D eigenvalue weighted by atomic mass is 10.1. The van der Waals surface area contributed by atoms with Crippen molar-refractivity contribution >= 4 is 8.07 Å². The molecule has 1 heterocycles. The first-order valence-electron chi connectivity index (χ1n) is 6.93. The van der Waals surface area contributed by atoms with E-state index in [-0.39, 0.29) is 6.29 Å². The monoisotopic (exact) mass is 282 g/mol. The Labute approximate surface area is 118 Å². The van der Waals surface area contributed by atoms with Gasteiger partial charge in [0.05, 0.1) is 0 Å². The molecular formula is C15H26O3Si. The third-order valence-corrected chi connectivity index (χ3v) is 3.71. The Kier molecular flexibility index (Phi) is 6.28. The zero-order valence-electron chi connectivity index (χ0n) is 12.5. The summed E-state index contributed by atoms with van der Waals surface area (Å²) in [6.07, 6.45) is 1.51. The van der Waals surface area contributed by atoms with Crippen LogP contribution in [0.1, 0.15) is 26.2 Å². The van der Waals surface area contributed by atoms with Gasteiger partial charge in [0.15, 0.2) is 6.29 Å². The van der Waals surface area contributed by atoms with E-state index in [4.69, 9.17) is 9.47 Å². The van der Waals surface area contributed by atoms with E-state index in [1.807, 2.05) is 0 Å². The number of rotatable bonds is 4. The Bertz CT molecular complexity index is 356. The number of hydrogen-bond acceptors (Lipinski definition) is 3. The van der Waals surface area contributed by atoms with Crippen LogP contribution in [-0.2, 0) is 9.47 Å². The normalized spacial score (nSPS) is 23.1. The third kappa shape index (κ3) is 6.39. The number of aliphatic hydroxyl groups is 1. The van der Waals surface area contributed by atoms with Crippen LogP contribution in [0.2, 0.25) is 19.6 Å². The molecular weight excluding hydrogens is 256 g/mol. The van der Waals surface area contributed by atoms with Crippen molar-refractivity contribution in [2.75, 3.05) is 6.61 Å². The van der Waals surface area contributed by atoms with Crippen LogP contribution in [0.15, 0.2) is 12.2 Å². The van der Waals surface area contributed by atoms with Crippen LogP contribution in [0.25, 0.3) is 0 Å². The molecule has 0 spiro atoms. The van der Waals surface area contributed by atoms with Crippen molar-refractivity contribution in [1.82, 2.24) is 0 Å². The summed E-state index contributed by atoms with van der Waals surface area (Å²) in [6, 6.07) is 0. The van der Waals surface area contributed by atoms with Crippen molar-refractivity contribution in [3.63, 3.8) is 0 Å². The third-order valence-electron chi connectivity index (χ3n) is 2.82. The van der Waals surface area contributed by atoms with Gasteiger partial charge in [-0.3, -0.25) is 0 Å². The summed E-state index contributed by atoms with van der Waals surface area (Å²) in [5.41, 5.74) is 3.93. The van der Waals surface area contributed by atoms with E-state index < -0.39 is 20.3 Å². The summed E-state index contributed by atoms with van der Waals surface area (Å²) in [5.74, 6) is 3.09. The molecule has 108 valence electrons. The van der Waals surface area contributed by atoms with Gasteiger partial charge in [0.1, 0.15) is 20.3 Å². The van der Waals surface area contributed by atoms with Crippen LogP contribution < -0.4 is 0 Å². The van der Waals surface area contributed by atoms with Crippen LogP contribution >= 0.6 is 0 Å². The minimum Gasteiger partial charge on any atom is -0.385 e. The van der Waals surface area contributed by atoms with Crippen LogP contribution in [-0.4, -0.2) is 38.3 Å². The lowest BCUT2D eigenvalue weighted by Crippen LogP contribution is -2.35. The average molecular weight is 282 g/mol. The molecule has 1 aliphatic rings. The highest BCUT2D eigenvalue weighted by Gasteiger charge is 2.25. The number of ether oxygens (including phenoxy) is 2. The predicted octanol–water partition coefficient (Wildman–Crippen LogP) is 2.72. The van der Waals surface area contributed by atoms with Crippen LogP contribution in [0.5, 0.6) is 0 Å². The van der Waals surface area contributed by atoms with E-state index in [1.165, 1.54) is 0 Å². The van der Waals surface area contributed by atoms with Gasteiger partial charge in [-0.05, 0) is 31.8 Å². The van der Waals surface area contributed by atoms with Gasteiger partial charge in [0.25, 0.3) is 0 Å². The van der Waals surface area contributed by atoms with Crippen molar-refractivity contribution in [2.24, 2.45) is 0 Å². The van der Waals surface area contributed by atoms with Crippen molar-refractivity contribution < 1.29 is 14.6 Å². The van der Waals surface area contributed by atoms with Gasteiger partial charge in [-0.1, -0.05) is 32.1 Å². The SMILES string of the molecule is C=C(C)[C@@H](O)[C@H](C#C[Si](C)(C)C)OC1CCCCO1. The van der Waals surface area contributed by atoms with Gasteiger partial charge < -0.3 is 14.6 Å². The number of hydrogen-bond donors (Lipinski definition) is 1. The van der Waals surface area contributed by atoms with Crippen LogP contribution in [0.3, 0.4) is 0 Å². The maximum atomic E-state index is 10.1. The lowest BCUT2D eigenvalue weighted by Gasteiger charge is -2.28. The first kappa shape index (κ1) is 16.5. The predicted molar refractivity (Wildman–Crippen MR) is 80.4 cm³/mol. The van der Waals surface area contributed by atoms with Crippen molar-refractivity contribution in [2.45, 2.75) is 64.3 Å². The molecule has 0 saturated carbocycles. The molecule has 0 aromatic rings. The molecule has 1 rings (SSSR count). The fraction of sp³-hybridized carbons (Fsp3) is 0.733. The average Bonchev–Trinajstić information content (AvgIpc) is 2.33. The second-order valence-electron chi connectivity index (χ2n) is 6.16. The molecule has 0 aromatic carbocycles. The molecule has 1 aliphatic heterocycles. The molecule has 1 N–H and O–H groups in total. The Hall–Kier alpha value is -0.603. The number of aliphatic hydroxyl groups excluding tert-OH is 1. The summed E-state index contributed by atoms with van der Waals surface area (Å²) in [4.78, 5) is 0. The summed E-state index contributed by atoms with van der Waals surface area (Å²) in [6.45, 7) is 12.8. The van der Waals surface area contributed by atoms with Crippen LogP contribution in [0.4, 0.5) is 0 Å². The van der Waals surface area contributed by atoms with E-state index in [0.29, 0.717) is 5.57 Å². The smallest absolute Gasteiger partial charge is 0.159 e. The second kappa shape index (κ2) is 7.25. The minimum absolute atomic E-state index is 0.247. The lowest BCUT2D eigenvalue weighted by molar-refractivity contribution is -0.189. The summed E-state index contributed by atoms with van der Waals surface area (Å²) >= 11 is 0. The van der Waals surface area contributed by atoms with Gasteiger partial charge in [-0.25, -0.2) is 0 Å². The minimum atomic E-state index is -1.49. The quantitative estimate of drug-likeness (QED) is 0.489. The molecule has 1 saturated heterocycles.